The van der Waals surface area contributed by atoms with E-state index < -0.39 is 23.9 Å². The minimum atomic E-state index is -4.25. The third-order valence-electron chi connectivity index (χ3n) is 3.85. The average molecular weight is 302 g/mol. The molecule has 2 rings (SSSR count). The Bertz CT molecular complexity index is 505. The summed E-state index contributed by atoms with van der Waals surface area (Å²) in [5.74, 6) is -2.50. The number of aliphatic hydroxyl groups excluding tert-OH is 1. The van der Waals surface area contributed by atoms with Crippen LogP contribution in [0.5, 0.6) is 0 Å². The molecule has 0 bridgehead atoms. The Hall–Kier alpha value is -1.63. The summed E-state index contributed by atoms with van der Waals surface area (Å²) in [7, 11) is 0. The van der Waals surface area contributed by atoms with E-state index in [1.807, 2.05) is 0 Å². The first-order chi connectivity index (χ1) is 9.91. The fraction of sp³-hybridized carbons (Fsp3) is 0.571. The second-order valence-corrected chi connectivity index (χ2v) is 5.28. The normalized spacial score (nSPS) is 22.9. The molecule has 1 amide bonds. The highest BCUT2D eigenvalue weighted by molar-refractivity contribution is 5.93. The molecule has 7 heteroatoms. The second-order valence-electron chi connectivity index (χ2n) is 5.28. The van der Waals surface area contributed by atoms with E-state index in [1.54, 1.807) is 6.07 Å². The number of pyridine rings is 1. The Morgan fingerprint density at radius 2 is 2.19 bits per heavy atom. The van der Waals surface area contributed by atoms with E-state index in [0.717, 1.165) is 0 Å². The number of aliphatic hydroxyl groups is 1. The van der Waals surface area contributed by atoms with Crippen molar-refractivity contribution in [3.8, 4) is 0 Å². The maximum Gasteiger partial charge on any atom is 0.391 e. The van der Waals surface area contributed by atoms with Crippen molar-refractivity contribution in [3.63, 3.8) is 0 Å². The molecule has 0 saturated heterocycles. The minimum Gasteiger partial charge on any atom is -0.392 e. The summed E-state index contributed by atoms with van der Waals surface area (Å²) < 4.78 is 38.2. The molecule has 2 unspecified atom stereocenters. The SMILES string of the molecule is O=C(Nc1cnccc1CO)C1CCCC(C(F)(F)F)C1. The van der Waals surface area contributed by atoms with Gasteiger partial charge in [-0.2, -0.15) is 13.2 Å². The monoisotopic (exact) mass is 302 g/mol. The van der Waals surface area contributed by atoms with Crippen LogP contribution in [0.4, 0.5) is 18.9 Å². The first-order valence-corrected chi connectivity index (χ1v) is 6.83. The van der Waals surface area contributed by atoms with Gasteiger partial charge in [-0.3, -0.25) is 9.78 Å². The average Bonchev–Trinajstić information content (AvgIpc) is 2.47. The molecule has 1 aliphatic rings. The molecule has 0 spiro atoms. The summed E-state index contributed by atoms with van der Waals surface area (Å²) >= 11 is 0. The smallest absolute Gasteiger partial charge is 0.391 e. The molecule has 4 nitrogen and oxygen atoms in total. The van der Waals surface area contributed by atoms with Crippen LogP contribution >= 0.6 is 0 Å². The van der Waals surface area contributed by atoms with E-state index in [4.69, 9.17) is 5.11 Å². The number of hydrogen-bond donors (Lipinski definition) is 2. The molecule has 1 aliphatic carbocycles. The summed E-state index contributed by atoms with van der Waals surface area (Å²) in [6, 6.07) is 1.55. The summed E-state index contributed by atoms with van der Waals surface area (Å²) in [6.07, 6.45) is -0.639. The van der Waals surface area contributed by atoms with Gasteiger partial charge in [0.05, 0.1) is 24.4 Å². The lowest BCUT2D eigenvalue weighted by atomic mass is 9.80. The number of nitrogens with zero attached hydrogens (tertiary/aromatic N) is 1. The predicted octanol–water partition coefficient (Wildman–Crippen LogP) is 2.88. The van der Waals surface area contributed by atoms with Gasteiger partial charge in [-0.25, -0.2) is 0 Å². The molecule has 116 valence electrons. The molecule has 0 aromatic carbocycles. The molecular formula is C14H17F3N2O2. The van der Waals surface area contributed by atoms with Gasteiger partial charge >= 0.3 is 6.18 Å². The molecule has 2 N–H and O–H groups in total. The molecule has 21 heavy (non-hydrogen) atoms. The van der Waals surface area contributed by atoms with Crippen LogP contribution in [0.15, 0.2) is 18.5 Å². The molecule has 1 fully saturated rings. The number of carbonyl (C=O) groups excluding carboxylic acids is 1. The molecule has 1 aromatic rings. The lowest BCUT2D eigenvalue weighted by molar-refractivity contribution is -0.185. The Morgan fingerprint density at radius 3 is 2.86 bits per heavy atom. The molecular weight excluding hydrogens is 285 g/mol. The van der Waals surface area contributed by atoms with Crippen molar-refractivity contribution in [1.29, 1.82) is 0 Å². The van der Waals surface area contributed by atoms with Gasteiger partial charge in [0.25, 0.3) is 0 Å². The van der Waals surface area contributed by atoms with E-state index in [9.17, 15) is 18.0 Å². The number of carbonyl (C=O) groups is 1. The Kier molecular flexibility index (Phi) is 4.82. The van der Waals surface area contributed by atoms with Gasteiger partial charge in [-0.1, -0.05) is 6.42 Å². The quantitative estimate of drug-likeness (QED) is 0.902. The van der Waals surface area contributed by atoms with Crippen molar-refractivity contribution in [2.45, 2.75) is 38.5 Å². The van der Waals surface area contributed by atoms with E-state index in [2.05, 4.69) is 10.3 Å². The number of alkyl halides is 3. The van der Waals surface area contributed by atoms with E-state index in [0.29, 0.717) is 24.1 Å². The van der Waals surface area contributed by atoms with Crippen LogP contribution in [0, 0.1) is 11.8 Å². The second kappa shape index (κ2) is 6.43. The highest BCUT2D eigenvalue weighted by Gasteiger charge is 2.43. The number of hydrogen-bond acceptors (Lipinski definition) is 3. The molecule has 0 radical (unpaired) electrons. The zero-order valence-corrected chi connectivity index (χ0v) is 11.4. The van der Waals surface area contributed by atoms with Crippen LogP contribution in [-0.2, 0) is 11.4 Å². The van der Waals surface area contributed by atoms with Gasteiger partial charge in [0.1, 0.15) is 0 Å². The Balaban J connectivity index is 2.03. The molecule has 1 saturated carbocycles. The van der Waals surface area contributed by atoms with E-state index >= 15 is 0 Å². The van der Waals surface area contributed by atoms with Crippen molar-refractivity contribution in [2.24, 2.45) is 11.8 Å². The van der Waals surface area contributed by atoms with Crippen LogP contribution in [0.25, 0.3) is 0 Å². The third-order valence-corrected chi connectivity index (χ3v) is 3.85. The van der Waals surface area contributed by atoms with Gasteiger partial charge < -0.3 is 10.4 Å². The fourth-order valence-electron chi connectivity index (χ4n) is 2.63. The summed E-state index contributed by atoms with van der Waals surface area (Å²) in [6.45, 7) is -0.270. The lowest BCUT2D eigenvalue weighted by Crippen LogP contribution is -2.34. The third kappa shape index (κ3) is 3.93. The maximum atomic E-state index is 12.7. The number of halogens is 3. The molecule has 0 aliphatic heterocycles. The van der Waals surface area contributed by atoms with Crippen LogP contribution in [0.1, 0.15) is 31.2 Å². The van der Waals surface area contributed by atoms with Gasteiger partial charge in [-0.15, -0.1) is 0 Å². The van der Waals surface area contributed by atoms with E-state index in [1.165, 1.54) is 12.4 Å². The highest BCUT2D eigenvalue weighted by Crippen LogP contribution is 2.40. The van der Waals surface area contributed by atoms with Gasteiger partial charge in [-0.05, 0) is 25.3 Å². The fourth-order valence-corrected chi connectivity index (χ4v) is 2.63. The molecule has 1 heterocycles. The largest absolute Gasteiger partial charge is 0.392 e. The zero-order chi connectivity index (χ0) is 15.5. The van der Waals surface area contributed by atoms with Crippen LogP contribution in [-0.4, -0.2) is 22.2 Å². The minimum absolute atomic E-state index is 0.0854. The molecule has 2 atom stereocenters. The van der Waals surface area contributed by atoms with Gasteiger partial charge in [0.2, 0.25) is 5.91 Å². The van der Waals surface area contributed by atoms with Crippen molar-refractivity contribution in [2.75, 3.05) is 5.32 Å². The standard InChI is InChI=1S/C14H17F3N2O2/c15-14(16,17)11-3-1-2-9(6-11)13(21)19-12-7-18-5-4-10(12)8-20/h4-5,7,9,11,20H,1-3,6,8H2,(H,19,21). The van der Waals surface area contributed by atoms with Crippen LogP contribution in [0.3, 0.4) is 0 Å². The van der Waals surface area contributed by atoms with Gasteiger partial charge in [0, 0.05) is 17.7 Å². The zero-order valence-electron chi connectivity index (χ0n) is 11.4. The van der Waals surface area contributed by atoms with Crippen molar-refractivity contribution < 1.29 is 23.1 Å². The predicted molar refractivity (Wildman–Crippen MR) is 70.3 cm³/mol. The van der Waals surface area contributed by atoms with Crippen molar-refractivity contribution in [3.05, 3.63) is 24.0 Å². The lowest BCUT2D eigenvalue weighted by Gasteiger charge is -2.29. The first kappa shape index (κ1) is 15.8. The van der Waals surface area contributed by atoms with Crippen LogP contribution < -0.4 is 5.32 Å². The van der Waals surface area contributed by atoms with Crippen molar-refractivity contribution >= 4 is 11.6 Å². The van der Waals surface area contributed by atoms with E-state index in [-0.39, 0.29) is 19.4 Å². The summed E-state index contributed by atoms with van der Waals surface area (Å²) in [5.41, 5.74) is 0.834. The maximum absolute atomic E-state index is 12.7. The number of amides is 1. The van der Waals surface area contributed by atoms with Gasteiger partial charge in [0.15, 0.2) is 0 Å². The first-order valence-electron chi connectivity index (χ1n) is 6.83. The summed E-state index contributed by atoms with van der Waals surface area (Å²) in [5, 5.41) is 11.7. The van der Waals surface area contributed by atoms with Crippen molar-refractivity contribution in [1.82, 2.24) is 4.98 Å². The number of aromatic nitrogens is 1. The van der Waals surface area contributed by atoms with Crippen LogP contribution in [0.2, 0.25) is 0 Å². The number of anilines is 1. The Morgan fingerprint density at radius 1 is 1.43 bits per heavy atom. The highest BCUT2D eigenvalue weighted by atomic mass is 19.4. The summed E-state index contributed by atoms with van der Waals surface area (Å²) in [4.78, 5) is 16.0. The Labute approximate surface area is 120 Å². The number of nitrogens with one attached hydrogen (secondary N) is 1. The molecule has 1 aromatic heterocycles. The topological polar surface area (TPSA) is 62.2 Å². The number of rotatable bonds is 3.